The summed E-state index contributed by atoms with van der Waals surface area (Å²) in [6.07, 6.45) is 0. The second-order valence-electron chi connectivity index (χ2n) is 0.996. The van der Waals surface area contributed by atoms with E-state index in [9.17, 15) is 0 Å². The number of hydrogen-bond acceptors (Lipinski definition) is 3. The van der Waals surface area contributed by atoms with Crippen molar-refractivity contribution in [2.75, 3.05) is 21.3 Å². The summed E-state index contributed by atoms with van der Waals surface area (Å²) in [5.74, 6) is 0. The second-order valence-corrected chi connectivity index (χ2v) is 2.99. The highest BCUT2D eigenvalue weighted by Gasteiger charge is 2.04. The SMILES string of the molecule is CO[SiH](OC)OC.[HH]. The molecule has 0 N–H and O–H groups in total. The third-order valence-electron chi connectivity index (χ3n) is 0.577. The van der Waals surface area contributed by atoms with Gasteiger partial charge in [0.15, 0.2) is 0 Å². The van der Waals surface area contributed by atoms with Gasteiger partial charge in [0.25, 0.3) is 0 Å². The molecule has 7 heavy (non-hydrogen) atoms. The van der Waals surface area contributed by atoms with E-state index >= 15 is 0 Å². The molecule has 0 bridgehead atoms. The highest BCUT2D eigenvalue weighted by atomic mass is 28.3. The van der Waals surface area contributed by atoms with E-state index in [1.165, 1.54) is 0 Å². The van der Waals surface area contributed by atoms with Crippen LogP contribution < -0.4 is 0 Å². The summed E-state index contributed by atoms with van der Waals surface area (Å²) in [5, 5.41) is 0. The van der Waals surface area contributed by atoms with Gasteiger partial charge in [0.2, 0.25) is 0 Å². The minimum Gasteiger partial charge on any atom is -0.379 e. The van der Waals surface area contributed by atoms with E-state index in [1.807, 2.05) is 0 Å². The quantitative estimate of drug-likeness (QED) is 0.491. The van der Waals surface area contributed by atoms with Crippen LogP contribution in [0.3, 0.4) is 0 Å². The lowest BCUT2D eigenvalue weighted by Crippen LogP contribution is -2.21. The van der Waals surface area contributed by atoms with Crippen LogP contribution in [0.4, 0.5) is 0 Å². The molecule has 0 radical (unpaired) electrons. The average molecular weight is 124 g/mol. The Morgan fingerprint density at radius 1 is 1.00 bits per heavy atom. The van der Waals surface area contributed by atoms with Crippen LogP contribution >= 0.6 is 0 Å². The molecular formula is C3H12O3Si. The summed E-state index contributed by atoms with van der Waals surface area (Å²) in [6.45, 7) is 0. The minimum absolute atomic E-state index is 0. The van der Waals surface area contributed by atoms with Gasteiger partial charge in [-0.3, -0.25) is 0 Å². The van der Waals surface area contributed by atoms with E-state index in [1.54, 1.807) is 21.3 Å². The van der Waals surface area contributed by atoms with Crippen molar-refractivity contribution in [1.29, 1.82) is 0 Å². The average Bonchev–Trinajstić information content (AvgIpc) is 1.72. The summed E-state index contributed by atoms with van der Waals surface area (Å²) in [7, 11) is 3.05. The van der Waals surface area contributed by atoms with Gasteiger partial charge >= 0.3 is 9.53 Å². The highest BCUT2D eigenvalue weighted by molar-refractivity contribution is 6.36. The molecule has 0 aromatic rings. The van der Waals surface area contributed by atoms with Gasteiger partial charge < -0.3 is 13.3 Å². The van der Waals surface area contributed by atoms with Gasteiger partial charge in [0.05, 0.1) is 0 Å². The van der Waals surface area contributed by atoms with Gasteiger partial charge in [0, 0.05) is 22.8 Å². The van der Waals surface area contributed by atoms with Gasteiger partial charge in [-0.05, 0) is 0 Å². The first-order valence-corrected chi connectivity index (χ1v) is 3.35. The van der Waals surface area contributed by atoms with Crippen LogP contribution in [0.15, 0.2) is 0 Å². The van der Waals surface area contributed by atoms with E-state index in [0.29, 0.717) is 0 Å². The van der Waals surface area contributed by atoms with E-state index in [4.69, 9.17) is 13.3 Å². The zero-order valence-electron chi connectivity index (χ0n) is 4.80. The molecule has 0 aromatic heterocycles. The molecule has 46 valence electrons. The lowest BCUT2D eigenvalue weighted by Gasteiger charge is -2.05. The second kappa shape index (κ2) is 4.26. The Kier molecular flexibility index (Phi) is 4.32. The molecule has 0 aliphatic heterocycles. The predicted molar refractivity (Wildman–Crippen MR) is 30.3 cm³/mol. The molecule has 0 aliphatic rings. The van der Waals surface area contributed by atoms with Gasteiger partial charge in [-0.25, -0.2) is 0 Å². The van der Waals surface area contributed by atoms with Crippen molar-refractivity contribution in [2.45, 2.75) is 0 Å². The van der Waals surface area contributed by atoms with Crippen LogP contribution in [-0.4, -0.2) is 30.9 Å². The molecule has 0 fully saturated rings. The topological polar surface area (TPSA) is 27.7 Å². The first-order valence-electron chi connectivity index (χ1n) is 1.93. The summed E-state index contributed by atoms with van der Waals surface area (Å²) < 4.78 is 14.2. The maximum Gasteiger partial charge on any atom is 0.483 e. The molecule has 0 rings (SSSR count). The molecule has 0 saturated carbocycles. The number of rotatable bonds is 3. The summed E-state index contributed by atoms with van der Waals surface area (Å²) >= 11 is 0. The predicted octanol–water partition coefficient (Wildman–Crippen LogP) is -0.111. The van der Waals surface area contributed by atoms with E-state index in [-0.39, 0.29) is 1.43 Å². The van der Waals surface area contributed by atoms with Crippen molar-refractivity contribution in [3.05, 3.63) is 0 Å². The Morgan fingerprint density at radius 2 is 1.29 bits per heavy atom. The van der Waals surface area contributed by atoms with Crippen LogP contribution in [0, 0.1) is 0 Å². The fourth-order valence-electron chi connectivity index (χ4n) is 0.289. The van der Waals surface area contributed by atoms with Crippen molar-refractivity contribution < 1.29 is 14.7 Å². The zero-order valence-corrected chi connectivity index (χ0v) is 5.96. The van der Waals surface area contributed by atoms with Gasteiger partial charge in [0.1, 0.15) is 0 Å². The molecule has 4 heteroatoms. The Morgan fingerprint density at radius 3 is 1.29 bits per heavy atom. The molecule has 0 aliphatic carbocycles. The van der Waals surface area contributed by atoms with E-state index < -0.39 is 9.53 Å². The lowest BCUT2D eigenvalue weighted by molar-refractivity contribution is 0.163. The lowest BCUT2D eigenvalue weighted by atomic mass is 11.8. The van der Waals surface area contributed by atoms with Crippen LogP contribution in [0.2, 0.25) is 0 Å². The summed E-state index contributed by atoms with van der Waals surface area (Å²) in [4.78, 5) is 0. The summed E-state index contributed by atoms with van der Waals surface area (Å²) in [6, 6.07) is 0. The molecule has 0 saturated heterocycles. The molecule has 0 aromatic carbocycles. The van der Waals surface area contributed by atoms with Gasteiger partial charge in [-0.1, -0.05) is 0 Å². The Labute approximate surface area is 46.6 Å². The van der Waals surface area contributed by atoms with E-state index in [2.05, 4.69) is 0 Å². The molecule has 3 nitrogen and oxygen atoms in total. The van der Waals surface area contributed by atoms with Crippen LogP contribution in [0.5, 0.6) is 0 Å². The van der Waals surface area contributed by atoms with Gasteiger partial charge in [-0.2, -0.15) is 0 Å². The third kappa shape index (κ3) is 2.75. The Hall–Kier alpha value is 0.0969. The molecule has 0 unspecified atom stereocenters. The maximum absolute atomic E-state index is 4.74. The van der Waals surface area contributed by atoms with Crippen molar-refractivity contribution in [3.63, 3.8) is 0 Å². The fraction of sp³-hybridized carbons (Fsp3) is 1.00. The zero-order chi connectivity index (χ0) is 5.70. The smallest absolute Gasteiger partial charge is 0.379 e. The minimum atomic E-state index is -1.67. The van der Waals surface area contributed by atoms with Crippen LogP contribution in [-0.2, 0) is 13.3 Å². The molecule has 0 heterocycles. The first kappa shape index (κ1) is 7.10. The van der Waals surface area contributed by atoms with Crippen LogP contribution in [0.25, 0.3) is 0 Å². The fourth-order valence-corrected chi connectivity index (χ4v) is 0.866. The van der Waals surface area contributed by atoms with Crippen molar-refractivity contribution in [2.24, 2.45) is 0 Å². The molecule has 0 atom stereocenters. The summed E-state index contributed by atoms with van der Waals surface area (Å²) in [5.41, 5.74) is 0. The van der Waals surface area contributed by atoms with Crippen molar-refractivity contribution in [3.8, 4) is 0 Å². The van der Waals surface area contributed by atoms with Crippen molar-refractivity contribution in [1.82, 2.24) is 0 Å². The van der Waals surface area contributed by atoms with Crippen molar-refractivity contribution >= 4 is 9.53 Å². The molecule has 0 amide bonds. The number of hydrogen-bond donors (Lipinski definition) is 0. The molecular weight excluding hydrogens is 112 g/mol. The third-order valence-corrected chi connectivity index (χ3v) is 1.73. The van der Waals surface area contributed by atoms with E-state index in [0.717, 1.165) is 0 Å². The highest BCUT2D eigenvalue weighted by Crippen LogP contribution is 1.81. The maximum atomic E-state index is 4.74. The normalized spacial score (nSPS) is 10.3. The Balaban J connectivity index is 0. The Bertz CT molecular complexity index is 36.0. The first-order chi connectivity index (χ1) is 3.35. The van der Waals surface area contributed by atoms with Crippen LogP contribution in [0.1, 0.15) is 1.43 Å². The monoisotopic (exact) mass is 124 g/mol. The largest absolute Gasteiger partial charge is 0.483 e. The standard InChI is InChI=1S/C3H10O3Si.H2/c1-4-7(5-2)6-3;/h7H,1-3H3;1H. The van der Waals surface area contributed by atoms with Gasteiger partial charge in [-0.15, -0.1) is 0 Å². The molecule has 0 spiro atoms.